The molecule has 0 bridgehead atoms. The summed E-state index contributed by atoms with van der Waals surface area (Å²) in [4.78, 5) is 61.7. The maximum atomic E-state index is 13.7. The van der Waals surface area contributed by atoms with Gasteiger partial charge >= 0.3 is 17.9 Å². The molecule has 280 valence electrons. The molecule has 1 spiro atoms. The molecule has 9 heteroatoms. The zero-order valence-electron chi connectivity index (χ0n) is 32.1. The monoisotopic (exact) mass is 714 g/mol. The summed E-state index contributed by atoms with van der Waals surface area (Å²) >= 11 is 0. The Bertz CT molecular complexity index is 1780. The quantitative estimate of drug-likeness (QED) is 0.0658. The molecule has 0 aliphatic carbocycles. The van der Waals surface area contributed by atoms with Crippen molar-refractivity contribution in [2.24, 2.45) is 0 Å². The van der Waals surface area contributed by atoms with Gasteiger partial charge in [-0.25, -0.2) is 14.4 Å². The second kappa shape index (κ2) is 16.2. The second-order valence-corrected chi connectivity index (χ2v) is 16.0. The number of hydrogen-bond donors (Lipinski definition) is 0. The van der Waals surface area contributed by atoms with Crippen molar-refractivity contribution in [3.63, 3.8) is 0 Å². The van der Waals surface area contributed by atoms with Gasteiger partial charge in [-0.1, -0.05) is 82.9 Å². The van der Waals surface area contributed by atoms with E-state index >= 15 is 0 Å². The van der Waals surface area contributed by atoms with Crippen LogP contribution < -0.4 is 4.74 Å². The van der Waals surface area contributed by atoms with Crippen LogP contribution in [-0.2, 0) is 36.3 Å². The molecule has 0 amide bonds. The number of fused-ring (bicyclic) bond motifs is 6. The van der Waals surface area contributed by atoms with Crippen LogP contribution in [0.15, 0.2) is 48.5 Å². The lowest BCUT2D eigenvalue weighted by molar-refractivity contribution is -0.301. The van der Waals surface area contributed by atoms with E-state index in [1.54, 1.807) is 71.9 Å². The molecule has 2 heterocycles. The summed E-state index contributed by atoms with van der Waals surface area (Å²) in [6.45, 7) is 14.8. The first-order valence-electron chi connectivity index (χ1n) is 18.8. The van der Waals surface area contributed by atoms with E-state index in [0.717, 1.165) is 24.8 Å². The Morgan fingerprint density at radius 2 is 1.31 bits per heavy atom. The van der Waals surface area contributed by atoms with Crippen LogP contribution in [0.5, 0.6) is 11.5 Å². The Kier molecular flexibility index (Phi) is 12.2. The number of aryl methyl sites for hydroxylation is 2. The predicted octanol–water partition coefficient (Wildman–Crippen LogP) is 10.8. The highest BCUT2D eigenvalue weighted by atomic mass is 17.2. The number of benzene rings is 3. The standard InChI is InChI=1S/C43H54O9/c1-9-10-11-12-13-14-15-16-17-18-21-29-25-34-35(27-32(29)40(46)50-52-42(6,7)8)47-36-26-30(38(44)49-51-41(3,4)5)24-28(2)37(36)43(34)33-23-20-19-22-31(33)39(45)48-43/h19-20,22-27H,9-18,21H2,1-8H3. The summed E-state index contributed by atoms with van der Waals surface area (Å²) < 4.78 is 13.0. The largest absolute Gasteiger partial charge is 0.456 e. The van der Waals surface area contributed by atoms with Crippen LogP contribution in [0.25, 0.3) is 0 Å². The number of ether oxygens (including phenoxy) is 2. The summed E-state index contributed by atoms with van der Waals surface area (Å²) in [5.41, 5.74) is 1.28. The number of unbranched alkanes of at least 4 members (excludes halogenated alkanes) is 9. The van der Waals surface area contributed by atoms with Crippen LogP contribution in [-0.4, -0.2) is 29.1 Å². The van der Waals surface area contributed by atoms with E-state index in [4.69, 9.17) is 29.0 Å². The molecule has 9 nitrogen and oxygen atoms in total. The summed E-state index contributed by atoms with van der Waals surface area (Å²) in [5.74, 6) is -1.26. The lowest BCUT2D eigenvalue weighted by Gasteiger charge is -2.38. The number of carbonyl (C=O) groups is 3. The molecular formula is C43H54O9. The Hall–Kier alpha value is -4.21. The topological polar surface area (TPSA) is 107 Å². The Morgan fingerprint density at radius 3 is 1.94 bits per heavy atom. The first kappa shape index (κ1) is 39.0. The molecule has 0 saturated carbocycles. The highest BCUT2D eigenvalue weighted by Crippen LogP contribution is 2.57. The molecule has 1 atom stereocenters. The lowest BCUT2D eigenvalue weighted by atomic mass is 9.74. The van der Waals surface area contributed by atoms with Gasteiger partial charge in [0.1, 0.15) is 22.7 Å². The summed E-state index contributed by atoms with van der Waals surface area (Å²) in [6, 6.07) is 14.1. The highest BCUT2D eigenvalue weighted by molar-refractivity contribution is 5.98. The molecule has 0 fully saturated rings. The van der Waals surface area contributed by atoms with Gasteiger partial charge in [-0.05, 0) is 103 Å². The van der Waals surface area contributed by atoms with Crippen LogP contribution in [0.3, 0.4) is 0 Å². The smallest absolute Gasteiger partial charge is 0.373 e. The van der Waals surface area contributed by atoms with Crippen LogP contribution in [0.4, 0.5) is 0 Å². The van der Waals surface area contributed by atoms with Gasteiger partial charge in [0.25, 0.3) is 0 Å². The van der Waals surface area contributed by atoms with E-state index < -0.39 is 34.7 Å². The third kappa shape index (κ3) is 8.87. The van der Waals surface area contributed by atoms with Crippen LogP contribution in [0.1, 0.15) is 172 Å². The van der Waals surface area contributed by atoms with E-state index in [1.807, 2.05) is 25.1 Å². The van der Waals surface area contributed by atoms with Crippen molar-refractivity contribution in [3.05, 3.63) is 93.0 Å². The number of carbonyl (C=O) groups excluding carboxylic acids is 3. The van der Waals surface area contributed by atoms with Crippen LogP contribution in [0, 0.1) is 6.92 Å². The van der Waals surface area contributed by atoms with Gasteiger partial charge < -0.3 is 9.47 Å². The van der Waals surface area contributed by atoms with Gasteiger partial charge in [-0.15, -0.1) is 0 Å². The first-order valence-corrected chi connectivity index (χ1v) is 18.8. The van der Waals surface area contributed by atoms with Gasteiger partial charge in [0.15, 0.2) is 5.60 Å². The zero-order chi connectivity index (χ0) is 37.7. The van der Waals surface area contributed by atoms with Gasteiger partial charge in [-0.3, -0.25) is 9.78 Å². The molecule has 0 saturated heterocycles. The molecule has 0 radical (unpaired) electrons. The molecule has 2 aliphatic rings. The molecule has 3 aromatic carbocycles. The molecular weight excluding hydrogens is 660 g/mol. The zero-order valence-corrected chi connectivity index (χ0v) is 32.1. The minimum atomic E-state index is -1.40. The number of hydrogen-bond acceptors (Lipinski definition) is 9. The fourth-order valence-corrected chi connectivity index (χ4v) is 6.86. The fraction of sp³-hybridized carbons (Fsp3) is 0.512. The summed E-state index contributed by atoms with van der Waals surface area (Å²) in [7, 11) is 0. The van der Waals surface area contributed by atoms with Crippen molar-refractivity contribution in [2.45, 2.75) is 143 Å². The Labute approximate surface area is 308 Å². The van der Waals surface area contributed by atoms with E-state index in [1.165, 1.54) is 44.9 Å². The minimum absolute atomic E-state index is 0.187. The van der Waals surface area contributed by atoms with Crippen LogP contribution >= 0.6 is 0 Å². The van der Waals surface area contributed by atoms with E-state index in [0.29, 0.717) is 45.6 Å². The third-order valence-corrected chi connectivity index (χ3v) is 9.22. The molecule has 2 aliphatic heterocycles. The van der Waals surface area contributed by atoms with E-state index in [-0.39, 0.29) is 11.3 Å². The maximum absolute atomic E-state index is 13.7. The lowest BCUT2D eigenvalue weighted by Crippen LogP contribution is -2.34. The molecule has 3 aromatic rings. The molecule has 1 unspecified atom stereocenters. The average Bonchev–Trinajstić information content (AvgIpc) is 3.37. The van der Waals surface area contributed by atoms with E-state index in [9.17, 15) is 14.4 Å². The first-order chi connectivity index (χ1) is 24.6. The maximum Gasteiger partial charge on any atom is 0.373 e. The van der Waals surface area contributed by atoms with Gasteiger partial charge in [0.2, 0.25) is 0 Å². The van der Waals surface area contributed by atoms with Crippen molar-refractivity contribution in [3.8, 4) is 11.5 Å². The van der Waals surface area contributed by atoms with Crippen molar-refractivity contribution in [1.82, 2.24) is 0 Å². The van der Waals surface area contributed by atoms with Crippen LogP contribution in [0.2, 0.25) is 0 Å². The molecule has 0 N–H and O–H groups in total. The molecule has 52 heavy (non-hydrogen) atoms. The van der Waals surface area contributed by atoms with Gasteiger partial charge in [0, 0.05) is 11.1 Å². The molecule has 5 rings (SSSR count). The normalized spacial score (nSPS) is 16.1. The van der Waals surface area contributed by atoms with Gasteiger partial charge in [-0.2, -0.15) is 9.78 Å². The Morgan fingerprint density at radius 1 is 0.712 bits per heavy atom. The van der Waals surface area contributed by atoms with Crippen molar-refractivity contribution < 1.29 is 43.4 Å². The minimum Gasteiger partial charge on any atom is -0.456 e. The average molecular weight is 715 g/mol. The summed E-state index contributed by atoms with van der Waals surface area (Å²) in [5, 5.41) is 0. The Balaban J connectivity index is 1.54. The highest BCUT2D eigenvalue weighted by Gasteiger charge is 2.54. The van der Waals surface area contributed by atoms with Gasteiger partial charge in [0.05, 0.1) is 22.3 Å². The molecule has 0 aromatic heterocycles. The third-order valence-electron chi connectivity index (χ3n) is 9.22. The second-order valence-electron chi connectivity index (χ2n) is 16.0. The predicted molar refractivity (Wildman–Crippen MR) is 197 cm³/mol. The van der Waals surface area contributed by atoms with Crippen molar-refractivity contribution in [1.29, 1.82) is 0 Å². The van der Waals surface area contributed by atoms with E-state index in [2.05, 4.69) is 6.92 Å². The number of rotatable bonds is 15. The van der Waals surface area contributed by atoms with Crippen molar-refractivity contribution >= 4 is 17.9 Å². The fourth-order valence-electron chi connectivity index (χ4n) is 6.86. The number of esters is 1. The van der Waals surface area contributed by atoms with Crippen molar-refractivity contribution in [2.75, 3.05) is 0 Å². The SMILES string of the molecule is CCCCCCCCCCCCc1cc2c(cc1C(=O)OOC(C)(C)C)Oc1cc(C(=O)OOC(C)(C)C)cc(C)c1C21OC(=O)c2ccccc21. The summed E-state index contributed by atoms with van der Waals surface area (Å²) in [6.07, 6.45) is 12.4.